The lowest BCUT2D eigenvalue weighted by atomic mass is 9.90. The molecule has 1 aliphatic rings. The summed E-state index contributed by atoms with van der Waals surface area (Å²) in [6, 6.07) is 4.35. The number of aldehydes is 1. The van der Waals surface area contributed by atoms with Crippen molar-refractivity contribution in [3.8, 4) is 0 Å². The van der Waals surface area contributed by atoms with Crippen LogP contribution in [0.15, 0.2) is 22.7 Å². The fraction of sp³-hybridized carbons (Fsp3) is 0.417. The molecular weight excluding hydrogens is 289 g/mol. The summed E-state index contributed by atoms with van der Waals surface area (Å²) in [6.45, 7) is 2.49. The van der Waals surface area contributed by atoms with Crippen LogP contribution in [0.3, 0.4) is 0 Å². The zero-order valence-corrected chi connectivity index (χ0v) is 11.0. The second kappa shape index (κ2) is 4.84. The molecule has 1 aromatic carbocycles. The van der Waals surface area contributed by atoms with Gasteiger partial charge in [0.15, 0.2) is 0 Å². The highest BCUT2D eigenvalue weighted by Crippen LogP contribution is 2.29. The topological polar surface area (TPSA) is 38.3 Å². The molecule has 1 aromatic rings. The molecule has 92 valence electrons. The fourth-order valence-corrected chi connectivity index (χ4v) is 2.39. The Morgan fingerprint density at radius 3 is 3.12 bits per heavy atom. The van der Waals surface area contributed by atoms with Crippen LogP contribution in [-0.4, -0.2) is 25.5 Å². The van der Waals surface area contributed by atoms with Crippen molar-refractivity contribution in [2.75, 3.05) is 13.2 Å². The smallest absolute Gasteiger partial charge is 0.139 e. The average Bonchev–Trinajstić information content (AvgIpc) is 2.32. The molecule has 1 heterocycles. The minimum absolute atomic E-state index is 0.307. The van der Waals surface area contributed by atoms with Crippen molar-refractivity contribution in [3.05, 3.63) is 34.1 Å². The van der Waals surface area contributed by atoms with E-state index in [1.54, 1.807) is 12.1 Å². The number of nitrogens with one attached hydrogen (secondary N) is 1. The molecule has 1 N–H and O–H groups in total. The van der Waals surface area contributed by atoms with Crippen LogP contribution >= 0.6 is 15.9 Å². The third-order valence-electron chi connectivity index (χ3n) is 2.88. The van der Waals surface area contributed by atoms with E-state index >= 15 is 0 Å². The molecule has 2 atom stereocenters. The zero-order chi connectivity index (χ0) is 12.5. The summed E-state index contributed by atoms with van der Waals surface area (Å²) in [6.07, 6.45) is 0.785. The van der Waals surface area contributed by atoms with Gasteiger partial charge < -0.3 is 9.53 Å². The monoisotopic (exact) mass is 301 g/mol. The van der Waals surface area contributed by atoms with Crippen LogP contribution in [0.4, 0.5) is 4.39 Å². The van der Waals surface area contributed by atoms with Crippen molar-refractivity contribution in [1.29, 1.82) is 0 Å². The maximum atomic E-state index is 13.8. The number of rotatable bonds is 2. The van der Waals surface area contributed by atoms with Crippen molar-refractivity contribution in [3.63, 3.8) is 0 Å². The Balaban J connectivity index is 2.36. The molecule has 0 bridgehead atoms. The summed E-state index contributed by atoms with van der Waals surface area (Å²) in [5, 5.41) is 3.11. The summed E-state index contributed by atoms with van der Waals surface area (Å²) in [4.78, 5) is 10.8. The van der Waals surface area contributed by atoms with Crippen LogP contribution < -0.4 is 5.32 Å². The fourth-order valence-electron chi connectivity index (χ4n) is 2.03. The van der Waals surface area contributed by atoms with Crippen LogP contribution in [0.25, 0.3) is 0 Å². The van der Waals surface area contributed by atoms with E-state index in [0.717, 1.165) is 10.8 Å². The van der Waals surface area contributed by atoms with Gasteiger partial charge in [-0.1, -0.05) is 15.9 Å². The first-order chi connectivity index (χ1) is 8.05. The number of hydrogen-bond donors (Lipinski definition) is 1. The van der Waals surface area contributed by atoms with Crippen LogP contribution in [0.2, 0.25) is 0 Å². The first kappa shape index (κ1) is 12.7. The molecule has 0 saturated carbocycles. The van der Waals surface area contributed by atoms with Crippen molar-refractivity contribution in [2.45, 2.75) is 18.5 Å². The molecule has 0 aliphatic carbocycles. The lowest BCUT2D eigenvalue weighted by Crippen LogP contribution is -2.56. The zero-order valence-electron chi connectivity index (χ0n) is 9.37. The van der Waals surface area contributed by atoms with Gasteiger partial charge in [-0.05, 0) is 25.1 Å². The Labute approximate surface area is 107 Å². The normalized spacial score (nSPS) is 29.0. The van der Waals surface area contributed by atoms with E-state index in [0.29, 0.717) is 18.8 Å². The summed E-state index contributed by atoms with van der Waals surface area (Å²) in [7, 11) is 0. The molecule has 0 radical (unpaired) electrons. The van der Waals surface area contributed by atoms with Crippen molar-refractivity contribution < 1.29 is 13.9 Å². The van der Waals surface area contributed by atoms with Gasteiger partial charge in [-0.15, -0.1) is 0 Å². The molecule has 1 aliphatic heterocycles. The summed E-state index contributed by atoms with van der Waals surface area (Å²) in [5.41, 5.74) is -0.184. The Kier molecular flexibility index (Phi) is 3.61. The van der Waals surface area contributed by atoms with E-state index in [4.69, 9.17) is 4.74 Å². The lowest BCUT2D eigenvalue weighted by molar-refractivity contribution is -0.114. The second-order valence-electron chi connectivity index (χ2n) is 4.36. The maximum Gasteiger partial charge on any atom is 0.139 e. The largest absolute Gasteiger partial charge is 0.377 e. The first-order valence-electron chi connectivity index (χ1n) is 5.31. The highest BCUT2D eigenvalue weighted by Gasteiger charge is 2.35. The number of halogens is 2. The van der Waals surface area contributed by atoms with Crippen LogP contribution in [-0.2, 0) is 15.1 Å². The summed E-state index contributed by atoms with van der Waals surface area (Å²) in [5.74, 6) is -0.307. The SMILES string of the molecule is C[C@@]1(c2cc(Br)ccc2F)COCC(C=O)N1. The molecule has 1 fully saturated rings. The van der Waals surface area contributed by atoms with Gasteiger partial charge in [-0.25, -0.2) is 4.39 Å². The van der Waals surface area contributed by atoms with E-state index in [9.17, 15) is 9.18 Å². The third kappa shape index (κ3) is 2.56. The van der Waals surface area contributed by atoms with Gasteiger partial charge in [0.2, 0.25) is 0 Å². The van der Waals surface area contributed by atoms with Crippen molar-refractivity contribution in [1.82, 2.24) is 5.32 Å². The number of hydrogen-bond acceptors (Lipinski definition) is 3. The van der Waals surface area contributed by atoms with Gasteiger partial charge in [-0.3, -0.25) is 5.32 Å². The standard InChI is InChI=1S/C12H13BrFNO2/c1-12(7-17-6-9(5-16)15-12)10-4-8(13)2-3-11(10)14/h2-5,9,15H,6-7H2,1H3/t9?,12-/m0/s1. The van der Waals surface area contributed by atoms with E-state index in [1.165, 1.54) is 6.07 Å². The molecule has 2 rings (SSSR count). The highest BCUT2D eigenvalue weighted by molar-refractivity contribution is 9.10. The molecule has 17 heavy (non-hydrogen) atoms. The molecular formula is C12H13BrFNO2. The number of morpholine rings is 1. The molecule has 5 heteroatoms. The molecule has 1 unspecified atom stereocenters. The number of carbonyl (C=O) groups excluding carboxylic acids is 1. The van der Waals surface area contributed by atoms with E-state index < -0.39 is 11.6 Å². The van der Waals surface area contributed by atoms with Crippen molar-refractivity contribution >= 4 is 22.2 Å². The van der Waals surface area contributed by atoms with E-state index in [-0.39, 0.29) is 5.82 Å². The quantitative estimate of drug-likeness (QED) is 0.849. The predicted molar refractivity (Wildman–Crippen MR) is 65.3 cm³/mol. The summed E-state index contributed by atoms with van der Waals surface area (Å²) < 4.78 is 20.0. The minimum atomic E-state index is -0.683. The average molecular weight is 302 g/mol. The maximum absolute atomic E-state index is 13.8. The predicted octanol–water partition coefficient (Wildman–Crippen LogP) is 1.99. The van der Waals surface area contributed by atoms with E-state index in [2.05, 4.69) is 21.2 Å². The number of ether oxygens (including phenoxy) is 1. The van der Waals surface area contributed by atoms with Gasteiger partial charge in [0, 0.05) is 10.0 Å². The summed E-state index contributed by atoms with van der Waals surface area (Å²) >= 11 is 3.31. The number of benzene rings is 1. The van der Waals surface area contributed by atoms with Gasteiger partial charge in [-0.2, -0.15) is 0 Å². The second-order valence-corrected chi connectivity index (χ2v) is 5.27. The minimum Gasteiger partial charge on any atom is -0.377 e. The molecule has 0 aromatic heterocycles. The molecule has 1 saturated heterocycles. The van der Waals surface area contributed by atoms with Gasteiger partial charge >= 0.3 is 0 Å². The van der Waals surface area contributed by atoms with Gasteiger partial charge in [0.1, 0.15) is 12.1 Å². The third-order valence-corrected chi connectivity index (χ3v) is 3.37. The number of carbonyl (C=O) groups is 1. The van der Waals surface area contributed by atoms with Crippen LogP contribution in [0, 0.1) is 5.82 Å². The van der Waals surface area contributed by atoms with Gasteiger partial charge in [0.05, 0.1) is 24.8 Å². The highest BCUT2D eigenvalue weighted by atomic mass is 79.9. The molecule has 0 spiro atoms. The van der Waals surface area contributed by atoms with Crippen molar-refractivity contribution in [2.24, 2.45) is 0 Å². The Morgan fingerprint density at radius 2 is 2.41 bits per heavy atom. The van der Waals surface area contributed by atoms with Gasteiger partial charge in [0.25, 0.3) is 0 Å². The lowest BCUT2D eigenvalue weighted by Gasteiger charge is -2.38. The molecule has 0 amide bonds. The first-order valence-corrected chi connectivity index (χ1v) is 6.11. The van der Waals surface area contributed by atoms with Crippen LogP contribution in [0.1, 0.15) is 12.5 Å². The Morgan fingerprint density at radius 1 is 1.65 bits per heavy atom. The van der Waals surface area contributed by atoms with E-state index in [1.807, 2.05) is 6.92 Å². The molecule has 3 nitrogen and oxygen atoms in total. The van der Waals surface area contributed by atoms with Crippen LogP contribution in [0.5, 0.6) is 0 Å². The Hall–Kier alpha value is -0.780. The Bertz CT molecular complexity index is 441.